The minimum atomic E-state index is -1.20. The normalized spacial score (nSPS) is 12.9. The molecule has 0 spiro atoms. The summed E-state index contributed by atoms with van der Waals surface area (Å²) in [5, 5.41) is 19.8. The molecule has 1 N–H and O–H groups in total. The molecule has 4 aromatic heterocycles. The molecule has 0 aromatic carbocycles. The Morgan fingerprint density at radius 1 is 0.917 bits per heavy atom. The van der Waals surface area contributed by atoms with Crippen molar-refractivity contribution in [1.29, 1.82) is 0 Å². The molecule has 1 fully saturated rings. The Kier molecular flexibility index (Phi) is 11.5. The number of carbonyl (C=O) groups excluding carboxylic acids is 1. The van der Waals surface area contributed by atoms with Gasteiger partial charge in [-0.3, -0.25) is 9.97 Å². The first kappa shape index (κ1) is 30.3. The summed E-state index contributed by atoms with van der Waals surface area (Å²) in [7, 11) is -0.406. The summed E-state index contributed by atoms with van der Waals surface area (Å²) < 4.78 is 17.0. The van der Waals surface area contributed by atoms with Gasteiger partial charge in [-0.05, 0) is 57.2 Å². The zero-order valence-electron chi connectivity index (χ0n) is 20.2. The minimum absolute atomic E-state index is 0. The average Bonchev–Trinajstić information content (AvgIpc) is 3.40. The first-order valence-electron chi connectivity index (χ1n) is 10.4. The van der Waals surface area contributed by atoms with E-state index in [0.29, 0.717) is 20.1 Å². The van der Waals surface area contributed by atoms with Gasteiger partial charge in [-0.1, -0.05) is 11.6 Å². The maximum absolute atomic E-state index is 10.7. The number of rotatable bonds is 2. The maximum Gasteiger partial charge on any atom is 1.00 e. The predicted octanol–water partition coefficient (Wildman–Crippen LogP) is 1.02. The Labute approximate surface area is 233 Å². The van der Waals surface area contributed by atoms with Crippen molar-refractivity contribution in [2.45, 2.75) is 27.4 Å². The molecule has 0 unspecified atom stereocenters. The molecular weight excluding hydrogens is 519 g/mol. The zero-order valence-corrected chi connectivity index (χ0v) is 22.6. The van der Waals surface area contributed by atoms with Crippen LogP contribution in [-0.4, -0.2) is 48.4 Å². The van der Waals surface area contributed by atoms with Crippen LogP contribution in [0.15, 0.2) is 36.7 Å². The second-order valence-corrected chi connectivity index (χ2v) is 9.79. The van der Waals surface area contributed by atoms with Crippen LogP contribution in [-0.2, 0) is 13.7 Å². The van der Waals surface area contributed by atoms with Crippen LogP contribution in [0, 0.1) is 6.92 Å². The Balaban J connectivity index is 0.000000191. The van der Waals surface area contributed by atoms with Crippen molar-refractivity contribution in [3.8, 4) is 0 Å². The molecule has 1 saturated heterocycles. The number of hydrogen-bond donors (Lipinski definition) is 1. The number of carboxylic acid groups (broad SMARTS) is 2. The molecule has 0 bridgehead atoms. The van der Waals surface area contributed by atoms with E-state index in [2.05, 4.69) is 9.97 Å². The molecule has 180 valence electrons. The van der Waals surface area contributed by atoms with E-state index in [1.807, 2.05) is 33.5 Å². The first-order valence-corrected chi connectivity index (χ1v) is 12.4. The topological polar surface area (TPSA) is 131 Å². The van der Waals surface area contributed by atoms with Crippen LogP contribution >= 0.6 is 34.3 Å². The molecule has 1 aliphatic heterocycles. The fraction of sp³-hybridized carbons (Fsp3) is 0.200. The zero-order chi connectivity index (χ0) is 25.7. The molecule has 0 atom stereocenters. The number of halogens is 1. The number of thiophene rings is 2. The fourth-order valence-corrected chi connectivity index (χ4v) is 5.13. The van der Waals surface area contributed by atoms with Gasteiger partial charge < -0.3 is 28.7 Å². The van der Waals surface area contributed by atoms with Gasteiger partial charge in [0.25, 0.3) is 0 Å². The number of pyridine rings is 2. The number of fused-ring (bicyclic) bond motifs is 2. The van der Waals surface area contributed by atoms with Gasteiger partial charge in [0.2, 0.25) is 0 Å². The second kappa shape index (κ2) is 13.6. The number of hydrogen-bond acceptors (Lipinski definition) is 10. The third-order valence-electron chi connectivity index (χ3n) is 4.53. The van der Waals surface area contributed by atoms with E-state index >= 15 is 0 Å². The Morgan fingerprint density at radius 2 is 1.39 bits per heavy atom. The van der Waals surface area contributed by atoms with E-state index in [-0.39, 0.29) is 45.1 Å². The Bertz CT molecular complexity index is 1240. The van der Waals surface area contributed by atoms with Crippen LogP contribution < -0.4 is 24.0 Å². The Morgan fingerprint density at radius 3 is 1.86 bits per heavy atom. The quantitative estimate of drug-likeness (QED) is 0.372. The van der Waals surface area contributed by atoms with Crippen LogP contribution in [0.2, 0.25) is 25.5 Å². The second-order valence-electron chi connectivity index (χ2n) is 7.27. The fourth-order valence-electron chi connectivity index (χ4n) is 3.08. The van der Waals surface area contributed by atoms with Crippen LogP contribution in [0.1, 0.15) is 24.9 Å². The summed E-state index contributed by atoms with van der Waals surface area (Å²) in [6.45, 7) is 7.52. The molecular formula is C20H19B3ClLiN2O7S2. The minimum Gasteiger partial charge on any atom is -0.544 e. The van der Waals surface area contributed by atoms with E-state index in [1.54, 1.807) is 18.3 Å². The van der Waals surface area contributed by atoms with Crippen molar-refractivity contribution in [2.24, 2.45) is 0 Å². The van der Waals surface area contributed by atoms with Crippen molar-refractivity contribution in [2.75, 3.05) is 0 Å². The smallest absolute Gasteiger partial charge is 0.544 e. The van der Waals surface area contributed by atoms with E-state index < -0.39 is 11.9 Å². The number of carboxylic acids is 2. The molecule has 5 heterocycles. The van der Waals surface area contributed by atoms with Gasteiger partial charge in [-0.25, -0.2) is 4.79 Å². The average molecular weight is 538 g/mol. The summed E-state index contributed by atoms with van der Waals surface area (Å²) in [5.74, 6) is -2.08. The van der Waals surface area contributed by atoms with Crippen molar-refractivity contribution in [3.63, 3.8) is 0 Å². The molecule has 16 heteroatoms. The molecule has 4 aromatic rings. The summed E-state index contributed by atoms with van der Waals surface area (Å²) in [5.41, 5.74) is 2.43. The molecule has 36 heavy (non-hydrogen) atoms. The molecule has 0 aliphatic carbocycles. The Hall–Kier alpha value is -1.88. The van der Waals surface area contributed by atoms with E-state index in [0.717, 1.165) is 27.1 Å². The van der Waals surface area contributed by atoms with Crippen molar-refractivity contribution >= 4 is 88.0 Å². The maximum atomic E-state index is 10.7. The summed E-state index contributed by atoms with van der Waals surface area (Å²) in [4.78, 5) is 29.7. The van der Waals surface area contributed by atoms with Crippen LogP contribution in [0.4, 0.5) is 0 Å². The summed E-state index contributed by atoms with van der Waals surface area (Å²) in [6.07, 6.45) is 3.23. The van der Waals surface area contributed by atoms with Crippen LogP contribution in [0.3, 0.4) is 0 Å². The van der Waals surface area contributed by atoms with Crippen LogP contribution in [0.25, 0.3) is 20.4 Å². The SMILES string of the molecule is CB1OB(C)OB(C)O1.Cc1ccnc2cc(C(=O)O)sc12.O=C([O-])c1cc2nccc(Cl)c2s1.[Li+]. The summed E-state index contributed by atoms with van der Waals surface area (Å²) in [6, 6.07) is 6.57. The number of aryl methyl sites for hydroxylation is 1. The molecule has 0 amide bonds. The third-order valence-corrected chi connectivity index (χ3v) is 7.35. The molecule has 1 aliphatic rings. The van der Waals surface area contributed by atoms with Gasteiger partial charge in [0, 0.05) is 12.4 Å². The predicted molar refractivity (Wildman–Crippen MR) is 138 cm³/mol. The molecule has 9 nitrogen and oxygen atoms in total. The molecule has 0 radical (unpaired) electrons. The van der Waals surface area contributed by atoms with Gasteiger partial charge >= 0.3 is 46.2 Å². The third kappa shape index (κ3) is 8.06. The van der Waals surface area contributed by atoms with Gasteiger partial charge in [0.1, 0.15) is 4.88 Å². The number of carbonyl (C=O) groups is 2. The first-order chi connectivity index (χ1) is 16.5. The van der Waals surface area contributed by atoms with E-state index in [9.17, 15) is 14.7 Å². The number of nitrogens with zero attached hydrogens (tertiary/aromatic N) is 2. The largest absolute Gasteiger partial charge is 1.00 e. The van der Waals surface area contributed by atoms with Crippen molar-refractivity contribution in [1.82, 2.24) is 9.97 Å². The number of aromatic nitrogens is 2. The van der Waals surface area contributed by atoms with E-state index in [4.69, 9.17) is 30.4 Å². The molecule has 0 saturated carbocycles. The molecule has 5 rings (SSSR count). The van der Waals surface area contributed by atoms with Gasteiger partial charge in [-0.2, -0.15) is 0 Å². The monoisotopic (exact) mass is 538 g/mol. The van der Waals surface area contributed by atoms with Gasteiger partial charge in [0.05, 0.1) is 36.3 Å². The standard InChI is InChI=1S/C9H7NO2S.C8H4ClNO2S.C3H9B3O3.Li/c1-5-2-3-10-6-4-7(9(11)12)13-8(5)6;9-4-1-2-10-5-3-6(8(11)12)13-7(4)5;1-4-7-5(2)9-6(3)8-4;/h2-4H,1H3,(H,11,12);1-3H,(H,11,12);1-3H3;/q;;;+1/p-1. The van der Waals surface area contributed by atoms with Gasteiger partial charge in [0.15, 0.2) is 0 Å². The van der Waals surface area contributed by atoms with Crippen LogP contribution in [0.5, 0.6) is 0 Å². The van der Waals surface area contributed by atoms with Crippen molar-refractivity contribution < 1.29 is 52.4 Å². The summed E-state index contributed by atoms with van der Waals surface area (Å²) >= 11 is 8.18. The van der Waals surface area contributed by atoms with Gasteiger partial charge in [-0.15, -0.1) is 22.7 Å². The van der Waals surface area contributed by atoms with Crippen molar-refractivity contribution in [3.05, 3.63) is 57.0 Å². The number of aromatic carboxylic acids is 2. The van der Waals surface area contributed by atoms with E-state index in [1.165, 1.54) is 23.6 Å².